The molecule has 64 valence electrons. The minimum Gasteiger partial charge on any atom is -0.466 e. The Morgan fingerprint density at radius 3 is 3.00 bits per heavy atom. The lowest BCUT2D eigenvalue weighted by molar-refractivity contribution is 0.249. The molecule has 0 amide bonds. The van der Waals surface area contributed by atoms with Crippen LogP contribution in [-0.2, 0) is 6.61 Å². The van der Waals surface area contributed by atoms with Crippen molar-refractivity contribution in [3.05, 3.63) is 35.8 Å². The van der Waals surface area contributed by atoms with Crippen molar-refractivity contribution in [3.8, 4) is 6.07 Å². The van der Waals surface area contributed by atoms with Crippen LogP contribution < -0.4 is 0 Å². The summed E-state index contributed by atoms with van der Waals surface area (Å²) in [6, 6.07) is 7.27. The zero-order valence-corrected chi connectivity index (χ0v) is 6.82. The van der Waals surface area contributed by atoms with E-state index in [1.807, 2.05) is 6.07 Å². The maximum atomic E-state index is 8.91. The number of furan rings is 1. The van der Waals surface area contributed by atoms with Gasteiger partial charge < -0.3 is 9.52 Å². The van der Waals surface area contributed by atoms with E-state index in [-0.39, 0.29) is 6.61 Å². The molecule has 1 aromatic heterocycles. The Morgan fingerprint density at radius 2 is 2.31 bits per heavy atom. The molecule has 1 aromatic carbocycles. The van der Waals surface area contributed by atoms with Gasteiger partial charge in [-0.25, -0.2) is 0 Å². The van der Waals surface area contributed by atoms with E-state index in [0.29, 0.717) is 11.3 Å². The van der Waals surface area contributed by atoms with Crippen LogP contribution in [0, 0.1) is 11.3 Å². The number of rotatable bonds is 1. The van der Waals surface area contributed by atoms with Crippen LogP contribution in [0.1, 0.15) is 11.3 Å². The van der Waals surface area contributed by atoms with Crippen molar-refractivity contribution in [3.63, 3.8) is 0 Å². The molecule has 0 radical (unpaired) electrons. The molecular weight excluding hydrogens is 166 g/mol. The van der Waals surface area contributed by atoms with E-state index in [0.717, 1.165) is 10.8 Å². The molecule has 0 aliphatic rings. The zero-order chi connectivity index (χ0) is 9.26. The maximum absolute atomic E-state index is 8.91. The van der Waals surface area contributed by atoms with E-state index >= 15 is 0 Å². The molecule has 2 aromatic rings. The second kappa shape index (κ2) is 2.92. The molecule has 2 rings (SSSR count). The standard InChI is InChI=1S/C10H7NO2/c11-4-7-1-2-8-6-13-10(5-12)9(8)3-7/h1-3,6,12H,5H2. The van der Waals surface area contributed by atoms with E-state index in [4.69, 9.17) is 14.8 Å². The minimum absolute atomic E-state index is 0.140. The fraction of sp³-hybridized carbons (Fsp3) is 0.100. The smallest absolute Gasteiger partial charge is 0.137 e. The molecule has 0 spiro atoms. The predicted octanol–water partition coefficient (Wildman–Crippen LogP) is 1.80. The molecule has 3 nitrogen and oxygen atoms in total. The van der Waals surface area contributed by atoms with Crippen molar-refractivity contribution < 1.29 is 9.52 Å². The molecule has 0 bridgehead atoms. The molecule has 0 atom stereocenters. The third kappa shape index (κ3) is 1.17. The Hall–Kier alpha value is -1.79. The molecule has 3 heteroatoms. The number of fused-ring (bicyclic) bond motifs is 1. The number of aliphatic hydroxyl groups excluding tert-OH is 1. The normalized spacial score (nSPS) is 10.2. The number of nitrogens with zero attached hydrogens (tertiary/aromatic N) is 1. The third-order valence-electron chi connectivity index (χ3n) is 1.95. The van der Waals surface area contributed by atoms with Crippen molar-refractivity contribution >= 4 is 10.8 Å². The van der Waals surface area contributed by atoms with Crippen molar-refractivity contribution in [1.29, 1.82) is 5.26 Å². The number of nitriles is 1. The minimum atomic E-state index is -0.140. The first-order chi connectivity index (χ1) is 6.35. The molecule has 0 saturated carbocycles. The van der Waals surface area contributed by atoms with Crippen molar-refractivity contribution in [1.82, 2.24) is 0 Å². The summed E-state index contributed by atoms with van der Waals surface area (Å²) < 4.78 is 5.10. The largest absolute Gasteiger partial charge is 0.466 e. The number of hydrogen-bond donors (Lipinski definition) is 1. The van der Waals surface area contributed by atoms with Crippen LogP contribution in [0.25, 0.3) is 10.8 Å². The molecule has 1 heterocycles. The highest BCUT2D eigenvalue weighted by Crippen LogP contribution is 2.22. The Morgan fingerprint density at radius 1 is 1.46 bits per heavy atom. The van der Waals surface area contributed by atoms with Crippen molar-refractivity contribution in [2.75, 3.05) is 0 Å². The fourth-order valence-corrected chi connectivity index (χ4v) is 1.29. The summed E-state index contributed by atoms with van der Waals surface area (Å²) in [4.78, 5) is 0. The van der Waals surface area contributed by atoms with Crippen LogP contribution in [0.4, 0.5) is 0 Å². The first-order valence-corrected chi connectivity index (χ1v) is 3.86. The van der Waals surface area contributed by atoms with Crippen molar-refractivity contribution in [2.45, 2.75) is 6.61 Å². The van der Waals surface area contributed by atoms with Crippen LogP contribution in [0.2, 0.25) is 0 Å². The first kappa shape index (κ1) is 7.84. The summed E-state index contributed by atoms with van der Waals surface area (Å²) >= 11 is 0. The summed E-state index contributed by atoms with van der Waals surface area (Å²) in [7, 11) is 0. The summed E-state index contributed by atoms with van der Waals surface area (Å²) in [5.41, 5.74) is 0.573. The van der Waals surface area contributed by atoms with Gasteiger partial charge in [0.1, 0.15) is 12.4 Å². The fourth-order valence-electron chi connectivity index (χ4n) is 1.29. The summed E-state index contributed by atoms with van der Waals surface area (Å²) in [5.74, 6) is 0.507. The lowest BCUT2D eigenvalue weighted by atomic mass is 10.1. The summed E-state index contributed by atoms with van der Waals surface area (Å²) in [6.07, 6.45) is 1.57. The topological polar surface area (TPSA) is 57.2 Å². The SMILES string of the molecule is N#Cc1ccc2coc(CO)c2c1. The zero-order valence-electron chi connectivity index (χ0n) is 6.82. The molecule has 13 heavy (non-hydrogen) atoms. The molecule has 0 saturated heterocycles. The van der Waals surface area contributed by atoms with Crippen molar-refractivity contribution in [2.24, 2.45) is 0 Å². The van der Waals surface area contributed by atoms with E-state index in [9.17, 15) is 0 Å². The first-order valence-electron chi connectivity index (χ1n) is 3.86. The Kier molecular flexibility index (Phi) is 1.76. The van der Waals surface area contributed by atoms with Gasteiger partial charge in [-0.3, -0.25) is 0 Å². The number of benzene rings is 1. The van der Waals surface area contributed by atoms with Gasteiger partial charge in [0.15, 0.2) is 0 Å². The van der Waals surface area contributed by atoms with E-state index in [2.05, 4.69) is 0 Å². The van der Waals surface area contributed by atoms with Gasteiger partial charge in [0, 0.05) is 10.8 Å². The highest BCUT2D eigenvalue weighted by molar-refractivity contribution is 5.85. The highest BCUT2D eigenvalue weighted by Gasteiger charge is 2.04. The van der Waals surface area contributed by atoms with Crippen LogP contribution in [-0.4, -0.2) is 5.11 Å². The van der Waals surface area contributed by atoms with E-state index in [1.165, 1.54) is 0 Å². The van der Waals surface area contributed by atoms with Gasteiger partial charge in [0.2, 0.25) is 0 Å². The van der Waals surface area contributed by atoms with Crippen LogP contribution >= 0.6 is 0 Å². The molecule has 1 N–H and O–H groups in total. The summed E-state index contributed by atoms with van der Waals surface area (Å²) in [5, 5.41) is 19.3. The maximum Gasteiger partial charge on any atom is 0.137 e. The van der Waals surface area contributed by atoms with Gasteiger partial charge in [-0.1, -0.05) is 0 Å². The van der Waals surface area contributed by atoms with E-state index < -0.39 is 0 Å². The molecule has 0 fully saturated rings. The second-order valence-electron chi connectivity index (χ2n) is 2.73. The Balaban J connectivity index is 2.73. The monoisotopic (exact) mass is 173 g/mol. The molecule has 0 aliphatic carbocycles. The average Bonchev–Trinajstić information content (AvgIpc) is 2.59. The number of hydrogen-bond acceptors (Lipinski definition) is 3. The lowest BCUT2D eigenvalue weighted by Gasteiger charge is -1.91. The average molecular weight is 173 g/mol. The van der Waals surface area contributed by atoms with Crippen LogP contribution in [0.15, 0.2) is 28.9 Å². The third-order valence-corrected chi connectivity index (χ3v) is 1.95. The van der Waals surface area contributed by atoms with Gasteiger partial charge in [-0.2, -0.15) is 5.26 Å². The summed E-state index contributed by atoms with van der Waals surface area (Å²) in [6.45, 7) is -0.140. The second-order valence-corrected chi connectivity index (χ2v) is 2.73. The van der Waals surface area contributed by atoms with Gasteiger partial charge in [0.25, 0.3) is 0 Å². The van der Waals surface area contributed by atoms with Gasteiger partial charge >= 0.3 is 0 Å². The van der Waals surface area contributed by atoms with Gasteiger partial charge in [0.05, 0.1) is 17.9 Å². The van der Waals surface area contributed by atoms with Gasteiger partial charge in [-0.15, -0.1) is 0 Å². The quantitative estimate of drug-likeness (QED) is 0.715. The Bertz CT molecular complexity index is 479. The van der Waals surface area contributed by atoms with Crippen LogP contribution in [0.5, 0.6) is 0 Å². The Labute approximate surface area is 74.8 Å². The van der Waals surface area contributed by atoms with Gasteiger partial charge in [-0.05, 0) is 18.2 Å². The number of aliphatic hydroxyl groups is 1. The highest BCUT2D eigenvalue weighted by atomic mass is 16.4. The predicted molar refractivity (Wildman–Crippen MR) is 46.9 cm³/mol. The molecular formula is C10H7NO2. The molecule has 0 aliphatic heterocycles. The molecule has 0 unspecified atom stereocenters. The lowest BCUT2D eigenvalue weighted by Crippen LogP contribution is -1.79. The van der Waals surface area contributed by atoms with E-state index in [1.54, 1.807) is 24.5 Å². The van der Waals surface area contributed by atoms with Crippen LogP contribution in [0.3, 0.4) is 0 Å².